The third-order valence-electron chi connectivity index (χ3n) is 7.02. The second-order valence-corrected chi connectivity index (χ2v) is 9.85. The van der Waals surface area contributed by atoms with Gasteiger partial charge in [-0.25, -0.2) is 9.37 Å². The minimum Gasteiger partial charge on any atom is -0.334 e. The first-order chi connectivity index (χ1) is 18.1. The number of unbranched alkanes of at least 4 members (excludes halogenated alkanes) is 2. The summed E-state index contributed by atoms with van der Waals surface area (Å²) in [6.07, 6.45) is 7.91. The molecule has 0 aliphatic rings. The van der Waals surface area contributed by atoms with Crippen molar-refractivity contribution in [3.8, 4) is 6.07 Å². The third kappa shape index (κ3) is 6.14. The monoisotopic (exact) mass is 509 g/mol. The molecule has 2 radical (unpaired) electrons. The van der Waals surface area contributed by atoms with Crippen LogP contribution < -0.4 is 0 Å². The standard InChI is InChI=1S/C31H30BClFN3/c32-23-24(20-25-14-15-28(34)21-29(25)33)22-31(26-10-4-1-5-11-26,27-12-6-2-7-13-27)30-36-17-19-37(30)18-9-3-8-16-35/h1-2,4-7,10-15,17,19,21,24H,3,8-9,18,20,22-23H2. The molecule has 1 heterocycles. The number of benzene rings is 3. The molecule has 1 unspecified atom stereocenters. The van der Waals surface area contributed by atoms with Crippen molar-refractivity contribution in [1.82, 2.24) is 9.55 Å². The van der Waals surface area contributed by atoms with Crippen molar-refractivity contribution in [2.45, 2.75) is 50.4 Å². The molecule has 0 fully saturated rings. The number of imidazole rings is 1. The van der Waals surface area contributed by atoms with E-state index in [4.69, 9.17) is 29.7 Å². The minimum absolute atomic E-state index is 0.0483. The van der Waals surface area contributed by atoms with Crippen molar-refractivity contribution in [2.24, 2.45) is 5.92 Å². The molecule has 37 heavy (non-hydrogen) atoms. The second-order valence-electron chi connectivity index (χ2n) is 9.44. The summed E-state index contributed by atoms with van der Waals surface area (Å²) in [7, 11) is 6.39. The number of rotatable bonds is 12. The Morgan fingerprint density at radius 1 is 1.00 bits per heavy atom. The van der Waals surface area contributed by atoms with E-state index >= 15 is 0 Å². The van der Waals surface area contributed by atoms with Gasteiger partial charge in [0.15, 0.2) is 0 Å². The summed E-state index contributed by atoms with van der Waals surface area (Å²) in [6.45, 7) is 0.773. The van der Waals surface area contributed by atoms with Crippen LogP contribution in [-0.2, 0) is 18.4 Å². The first-order valence-electron chi connectivity index (χ1n) is 12.7. The predicted molar refractivity (Wildman–Crippen MR) is 148 cm³/mol. The summed E-state index contributed by atoms with van der Waals surface area (Å²) in [5.41, 5.74) is 2.58. The Labute approximate surface area is 225 Å². The van der Waals surface area contributed by atoms with E-state index in [1.165, 1.54) is 12.1 Å². The molecule has 0 aliphatic heterocycles. The summed E-state index contributed by atoms with van der Waals surface area (Å²) in [5.74, 6) is 0.650. The lowest BCUT2D eigenvalue weighted by Crippen LogP contribution is -2.36. The first kappa shape index (κ1) is 26.7. The zero-order chi connectivity index (χ0) is 26.1. The maximum absolute atomic E-state index is 13.7. The highest BCUT2D eigenvalue weighted by molar-refractivity contribution is 6.31. The molecule has 0 N–H and O–H groups in total. The van der Waals surface area contributed by atoms with Gasteiger partial charge in [0.1, 0.15) is 11.6 Å². The van der Waals surface area contributed by atoms with E-state index in [9.17, 15) is 4.39 Å². The number of halogens is 2. The van der Waals surface area contributed by atoms with Crippen LogP contribution in [0.1, 0.15) is 48.2 Å². The van der Waals surface area contributed by atoms with E-state index in [2.05, 4.69) is 59.2 Å². The van der Waals surface area contributed by atoms with Gasteiger partial charge >= 0.3 is 0 Å². The van der Waals surface area contributed by atoms with Crippen LogP contribution in [0.5, 0.6) is 0 Å². The number of nitrogens with zero attached hydrogens (tertiary/aromatic N) is 3. The van der Waals surface area contributed by atoms with Crippen LogP contribution in [0.2, 0.25) is 11.3 Å². The molecule has 3 nitrogen and oxygen atoms in total. The highest BCUT2D eigenvalue weighted by atomic mass is 35.5. The van der Waals surface area contributed by atoms with E-state index in [1.54, 1.807) is 6.07 Å². The van der Waals surface area contributed by atoms with Crippen molar-refractivity contribution in [2.75, 3.05) is 0 Å². The Morgan fingerprint density at radius 3 is 2.27 bits per heavy atom. The van der Waals surface area contributed by atoms with Gasteiger partial charge in [-0.1, -0.05) is 84.7 Å². The average Bonchev–Trinajstić information content (AvgIpc) is 3.40. The second kappa shape index (κ2) is 12.7. The smallest absolute Gasteiger partial charge is 0.124 e. The summed E-state index contributed by atoms with van der Waals surface area (Å²) >= 11 is 6.42. The van der Waals surface area contributed by atoms with Crippen LogP contribution in [0.3, 0.4) is 0 Å². The maximum atomic E-state index is 13.7. The minimum atomic E-state index is -0.572. The first-order valence-corrected chi connectivity index (χ1v) is 13.1. The zero-order valence-corrected chi connectivity index (χ0v) is 21.6. The van der Waals surface area contributed by atoms with Gasteiger partial charge in [-0.15, -0.1) is 0 Å². The van der Waals surface area contributed by atoms with Gasteiger partial charge in [0.2, 0.25) is 0 Å². The molecular weight excluding hydrogens is 480 g/mol. The van der Waals surface area contributed by atoms with Crippen molar-refractivity contribution < 1.29 is 4.39 Å². The summed E-state index contributed by atoms with van der Waals surface area (Å²) in [4.78, 5) is 4.95. The fourth-order valence-electron chi connectivity index (χ4n) is 5.22. The summed E-state index contributed by atoms with van der Waals surface area (Å²) in [6, 6.07) is 27.7. The molecule has 1 aromatic heterocycles. The number of nitriles is 1. The van der Waals surface area contributed by atoms with Crippen LogP contribution in [0, 0.1) is 23.1 Å². The molecule has 4 aromatic rings. The molecule has 186 valence electrons. The van der Waals surface area contributed by atoms with Crippen molar-refractivity contribution >= 4 is 19.4 Å². The predicted octanol–water partition coefficient (Wildman–Crippen LogP) is 7.54. The number of aromatic nitrogens is 2. The lowest BCUT2D eigenvalue weighted by molar-refractivity contribution is 0.394. The number of hydrogen-bond acceptors (Lipinski definition) is 2. The third-order valence-corrected chi connectivity index (χ3v) is 7.37. The van der Waals surface area contributed by atoms with Crippen molar-refractivity contribution in [3.63, 3.8) is 0 Å². The highest BCUT2D eigenvalue weighted by Gasteiger charge is 2.41. The number of hydrogen-bond donors (Lipinski definition) is 0. The van der Waals surface area contributed by atoms with Crippen molar-refractivity contribution in [3.05, 3.63) is 125 Å². The number of aryl methyl sites for hydroxylation is 1. The largest absolute Gasteiger partial charge is 0.334 e. The summed E-state index contributed by atoms with van der Waals surface area (Å²) in [5, 5.41) is 9.39. The van der Waals surface area contributed by atoms with Crippen LogP contribution in [0.25, 0.3) is 0 Å². The van der Waals surface area contributed by atoms with E-state index in [0.29, 0.717) is 30.6 Å². The fraction of sp³-hybridized carbons (Fsp3) is 0.290. The SMILES string of the molecule is [B]CC(Cc1ccc(F)cc1Cl)CC(c1ccccc1)(c1ccccc1)c1nccn1CCCCC#N. The lowest BCUT2D eigenvalue weighted by Gasteiger charge is -2.38. The molecular formula is C31H30BClFN3. The van der Waals surface area contributed by atoms with E-state index in [1.807, 2.05) is 24.5 Å². The molecule has 4 rings (SSSR count). The van der Waals surface area contributed by atoms with E-state index in [-0.39, 0.29) is 11.7 Å². The van der Waals surface area contributed by atoms with Crippen LogP contribution in [0.4, 0.5) is 4.39 Å². The van der Waals surface area contributed by atoms with Gasteiger partial charge in [0.25, 0.3) is 0 Å². The Kier molecular flexibility index (Phi) is 9.20. The molecule has 0 bridgehead atoms. The van der Waals surface area contributed by atoms with Crippen LogP contribution in [0.15, 0.2) is 91.3 Å². The molecule has 1 atom stereocenters. The molecule has 0 spiro atoms. The van der Waals surface area contributed by atoms with Crippen LogP contribution >= 0.6 is 11.6 Å². The van der Waals surface area contributed by atoms with Gasteiger partial charge in [-0.3, -0.25) is 0 Å². The molecule has 3 aromatic carbocycles. The zero-order valence-electron chi connectivity index (χ0n) is 20.9. The Bertz CT molecular complexity index is 1280. The highest BCUT2D eigenvalue weighted by Crippen LogP contribution is 2.45. The van der Waals surface area contributed by atoms with Gasteiger partial charge in [-0.05, 0) is 60.4 Å². The van der Waals surface area contributed by atoms with Crippen LogP contribution in [-0.4, -0.2) is 17.4 Å². The van der Waals surface area contributed by atoms with E-state index in [0.717, 1.165) is 41.9 Å². The van der Waals surface area contributed by atoms with Gasteiger partial charge in [0.05, 0.1) is 19.3 Å². The van der Waals surface area contributed by atoms with E-state index < -0.39 is 5.41 Å². The maximum Gasteiger partial charge on any atom is 0.124 e. The Morgan fingerprint density at radius 2 is 1.68 bits per heavy atom. The quantitative estimate of drug-likeness (QED) is 0.146. The van der Waals surface area contributed by atoms with Gasteiger partial charge in [-0.2, -0.15) is 5.26 Å². The normalized spacial score (nSPS) is 12.2. The molecule has 6 heteroatoms. The Balaban J connectivity index is 1.83. The lowest BCUT2D eigenvalue weighted by atomic mass is 9.65. The van der Waals surface area contributed by atoms with Gasteiger partial charge < -0.3 is 4.57 Å². The van der Waals surface area contributed by atoms with Crippen molar-refractivity contribution in [1.29, 1.82) is 5.26 Å². The molecule has 0 saturated carbocycles. The molecule has 0 aliphatic carbocycles. The van der Waals surface area contributed by atoms with Gasteiger partial charge in [0, 0.05) is 30.4 Å². The fourth-order valence-corrected chi connectivity index (χ4v) is 5.46. The summed E-state index contributed by atoms with van der Waals surface area (Å²) < 4.78 is 15.9. The average molecular weight is 510 g/mol. The molecule has 0 amide bonds. The Hall–Kier alpha value is -3.36. The molecule has 0 saturated heterocycles. The topological polar surface area (TPSA) is 41.6 Å².